The minimum atomic E-state index is -0.149. The number of aromatic nitrogens is 1. The Labute approximate surface area is 58.2 Å². The second-order valence-electron chi connectivity index (χ2n) is 1.77. The Hall–Kier alpha value is -1.32. The highest BCUT2D eigenvalue weighted by Gasteiger charge is 2.04. The van der Waals surface area contributed by atoms with Gasteiger partial charge < -0.3 is 9.84 Å². The van der Waals surface area contributed by atoms with Gasteiger partial charge in [-0.3, -0.25) is 4.79 Å². The SMILES string of the molecule is CCNC(=O)c1cnoc1. The highest BCUT2D eigenvalue weighted by Crippen LogP contribution is 1.94. The van der Waals surface area contributed by atoms with Crippen LogP contribution >= 0.6 is 0 Å². The lowest BCUT2D eigenvalue weighted by Crippen LogP contribution is -2.21. The second-order valence-corrected chi connectivity index (χ2v) is 1.77. The first-order chi connectivity index (χ1) is 4.84. The molecule has 54 valence electrons. The molecule has 0 saturated heterocycles. The largest absolute Gasteiger partial charge is 0.364 e. The molecule has 4 nitrogen and oxygen atoms in total. The minimum absolute atomic E-state index is 0.149. The summed E-state index contributed by atoms with van der Waals surface area (Å²) in [4.78, 5) is 10.9. The van der Waals surface area contributed by atoms with Gasteiger partial charge in [0, 0.05) is 6.54 Å². The lowest BCUT2D eigenvalue weighted by atomic mass is 10.3. The van der Waals surface area contributed by atoms with Crippen LogP contribution in [0.2, 0.25) is 0 Å². The predicted octanol–water partition coefficient (Wildman–Crippen LogP) is 0.424. The number of rotatable bonds is 2. The Morgan fingerprint density at radius 2 is 2.70 bits per heavy atom. The van der Waals surface area contributed by atoms with Gasteiger partial charge in [-0.05, 0) is 6.92 Å². The van der Waals surface area contributed by atoms with E-state index >= 15 is 0 Å². The van der Waals surface area contributed by atoms with Gasteiger partial charge in [0.05, 0.1) is 11.8 Å². The molecule has 1 N–H and O–H groups in total. The summed E-state index contributed by atoms with van der Waals surface area (Å²) >= 11 is 0. The lowest BCUT2D eigenvalue weighted by molar-refractivity contribution is 0.0955. The standard InChI is InChI=1S/C6H8N2O2/c1-2-7-6(9)5-3-8-10-4-5/h3-4H,2H2,1H3,(H,7,9). The molecule has 0 unspecified atom stereocenters. The number of hydrogen-bond donors (Lipinski definition) is 1. The summed E-state index contributed by atoms with van der Waals surface area (Å²) in [6.45, 7) is 2.47. The third-order valence-corrected chi connectivity index (χ3v) is 1.03. The van der Waals surface area contributed by atoms with E-state index in [0.717, 1.165) is 0 Å². The Morgan fingerprint density at radius 1 is 1.90 bits per heavy atom. The van der Waals surface area contributed by atoms with Crippen LogP contribution in [0.25, 0.3) is 0 Å². The maximum atomic E-state index is 10.9. The van der Waals surface area contributed by atoms with Gasteiger partial charge in [-0.2, -0.15) is 0 Å². The van der Waals surface area contributed by atoms with Crippen molar-refractivity contribution < 1.29 is 9.32 Å². The number of nitrogens with zero attached hydrogens (tertiary/aromatic N) is 1. The summed E-state index contributed by atoms with van der Waals surface area (Å²) in [7, 11) is 0. The molecular formula is C6H8N2O2. The first-order valence-corrected chi connectivity index (χ1v) is 3.02. The van der Waals surface area contributed by atoms with Crippen molar-refractivity contribution in [3.63, 3.8) is 0 Å². The van der Waals surface area contributed by atoms with Gasteiger partial charge in [0.25, 0.3) is 5.91 Å². The number of hydrogen-bond acceptors (Lipinski definition) is 3. The normalized spacial score (nSPS) is 9.30. The van der Waals surface area contributed by atoms with E-state index in [2.05, 4.69) is 15.0 Å². The summed E-state index contributed by atoms with van der Waals surface area (Å²) in [5.74, 6) is -0.149. The van der Waals surface area contributed by atoms with Crippen molar-refractivity contribution in [2.75, 3.05) is 6.54 Å². The topological polar surface area (TPSA) is 55.1 Å². The van der Waals surface area contributed by atoms with Crippen molar-refractivity contribution in [3.05, 3.63) is 18.0 Å². The first kappa shape index (κ1) is 6.80. The summed E-state index contributed by atoms with van der Waals surface area (Å²) in [5.41, 5.74) is 0.460. The molecule has 1 amide bonds. The number of carbonyl (C=O) groups excluding carboxylic acids is 1. The molecule has 0 radical (unpaired) electrons. The monoisotopic (exact) mass is 140 g/mol. The van der Waals surface area contributed by atoms with Crippen LogP contribution in [-0.2, 0) is 0 Å². The molecule has 1 rings (SSSR count). The number of amides is 1. The lowest BCUT2D eigenvalue weighted by Gasteiger charge is -1.94. The van der Waals surface area contributed by atoms with E-state index in [9.17, 15) is 4.79 Å². The van der Waals surface area contributed by atoms with Gasteiger partial charge >= 0.3 is 0 Å². The predicted molar refractivity (Wildman–Crippen MR) is 34.5 cm³/mol. The molecule has 0 aliphatic carbocycles. The van der Waals surface area contributed by atoms with Crippen LogP contribution in [0.4, 0.5) is 0 Å². The molecule has 0 bridgehead atoms. The molecule has 10 heavy (non-hydrogen) atoms. The van der Waals surface area contributed by atoms with Crippen molar-refractivity contribution in [1.82, 2.24) is 10.5 Å². The van der Waals surface area contributed by atoms with Gasteiger partial charge in [0.15, 0.2) is 0 Å². The average Bonchev–Trinajstić information content (AvgIpc) is 2.38. The third kappa shape index (κ3) is 1.34. The smallest absolute Gasteiger partial charge is 0.256 e. The van der Waals surface area contributed by atoms with Crippen molar-refractivity contribution in [1.29, 1.82) is 0 Å². The van der Waals surface area contributed by atoms with Crippen LogP contribution < -0.4 is 5.32 Å². The molecular weight excluding hydrogens is 132 g/mol. The molecule has 1 aromatic heterocycles. The molecule has 1 heterocycles. The fourth-order valence-electron chi connectivity index (χ4n) is 0.580. The Morgan fingerprint density at radius 3 is 3.20 bits per heavy atom. The Kier molecular flexibility index (Phi) is 2.04. The van der Waals surface area contributed by atoms with Crippen LogP contribution in [-0.4, -0.2) is 17.6 Å². The van der Waals surface area contributed by atoms with E-state index in [1.54, 1.807) is 0 Å². The van der Waals surface area contributed by atoms with E-state index < -0.39 is 0 Å². The van der Waals surface area contributed by atoms with Crippen molar-refractivity contribution in [2.45, 2.75) is 6.92 Å². The quantitative estimate of drug-likeness (QED) is 0.647. The van der Waals surface area contributed by atoms with Crippen LogP contribution in [0.15, 0.2) is 17.0 Å². The van der Waals surface area contributed by atoms with E-state index in [-0.39, 0.29) is 5.91 Å². The molecule has 4 heteroatoms. The van der Waals surface area contributed by atoms with E-state index in [0.29, 0.717) is 12.1 Å². The maximum Gasteiger partial charge on any atom is 0.256 e. The zero-order chi connectivity index (χ0) is 7.40. The number of carbonyl (C=O) groups is 1. The highest BCUT2D eigenvalue weighted by molar-refractivity contribution is 5.93. The fraction of sp³-hybridized carbons (Fsp3) is 0.333. The van der Waals surface area contributed by atoms with Crippen LogP contribution in [0.5, 0.6) is 0 Å². The molecule has 0 fully saturated rings. The molecule has 0 aliphatic rings. The summed E-state index contributed by atoms with van der Waals surface area (Å²) in [6, 6.07) is 0. The van der Waals surface area contributed by atoms with E-state index in [1.165, 1.54) is 12.5 Å². The minimum Gasteiger partial charge on any atom is -0.364 e. The number of nitrogens with one attached hydrogen (secondary N) is 1. The zero-order valence-corrected chi connectivity index (χ0v) is 5.63. The summed E-state index contributed by atoms with van der Waals surface area (Å²) in [5, 5.41) is 6.00. The van der Waals surface area contributed by atoms with E-state index in [4.69, 9.17) is 0 Å². The molecule has 0 atom stereocenters. The molecule has 0 saturated carbocycles. The molecule has 0 aliphatic heterocycles. The molecule has 1 aromatic rings. The molecule has 0 aromatic carbocycles. The average molecular weight is 140 g/mol. The van der Waals surface area contributed by atoms with Crippen molar-refractivity contribution in [3.8, 4) is 0 Å². The van der Waals surface area contributed by atoms with Crippen LogP contribution in [0.3, 0.4) is 0 Å². The van der Waals surface area contributed by atoms with Crippen molar-refractivity contribution in [2.24, 2.45) is 0 Å². The Balaban J connectivity index is 2.59. The van der Waals surface area contributed by atoms with Gasteiger partial charge in [-0.15, -0.1) is 0 Å². The van der Waals surface area contributed by atoms with Gasteiger partial charge in [-0.25, -0.2) is 0 Å². The van der Waals surface area contributed by atoms with Gasteiger partial charge in [-0.1, -0.05) is 5.16 Å². The van der Waals surface area contributed by atoms with Crippen LogP contribution in [0.1, 0.15) is 17.3 Å². The Bertz CT molecular complexity index is 206. The fourth-order valence-corrected chi connectivity index (χ4v) is 0.580. The summed E-state index contributed by atoms with van der Waals surface area (Å²) in [6.07, 6.45) is 2.69. The van der Waals surface area contributed by atoms with E-state index in [1.807, 2.05) is 6.92 Å². The zero-order valence-electron chi connectivity index (χ0n) is 5.63. The van der Waals surface area contributed by atoms with Crippen molar-refractivity contribution >= 4 is 5.91 Å². The second kappa shape index (κ2) is 3.00. The van der Waals surface area contributed by atoms with Crippen LogP contribution in [0, 0.1) is 0 Å². The maximum absolute atomic E-state index is 10.9. The molecule has 0 spiro atoms. The third-order valence-electron chi connectivity index (χ3n) is 1.03. The first-order valence-electron chi connectivity index (χ1n) is 3.02. The van der Waals surface area contributed by atoms with Gasteiger partial charge in [0.1, 0.15) is 6.26 Å². The summed E-state index contributed by atoms with van der Waals surface area (Å²) < 4.78 is 4.47. The van der Waals surface area contributed by atoms with Gasteiger partial charge in [0.2, 0.25) is 0 Å². The highest BCUT2D eigenvalue weighted by atomic mass is 16.5.